The maximum atomic E-state index is 9.43. The molecule has 0 atom stereocenters. The van der Waals surface area contributed by atoms with Gasteiger partial charge in [-0.25, -0.2) is 13.9 Å². The van der Waals surface area contributed by atoms with Crippen LogP contribution in [0.25, 0.3) is 0 Å². The Labute approximate surface area is 65.7 Å². The van der Waals surface area contributed by atoms with Crippen molar-refractivity contribution in [1.82, 2.24) is 0 Å². The van der Waals surface area contributed by atoms with E-state index in [2.05, 4.69) is 0 Å². The Morgan fingerprint density at radius 1 is 0.917 bits per heavy atom. The topological polar surface area (TPSA) is 173 Å². The summed E-state index contributed by atoms with van der Waals surface area (Å²) in [5.74, 6) is 0. The Kier molecular flexibility index (Phi) is 5.57. The van der Waals surface area contributed by atoms with E-state index in [4.69, 9.17) is 34.1 Å². The molecule has 74 valence electrons. The summed E-state index contributed by atoms with van der Waals surface area (Å²) >= 11 is 0. The van der Waals surface area contributed by atoms with E-state index in [0.29, 0.717) is 0 Å². The molecule has 0 aromatic heterocycles. The Bertz CT molecular complexity index is 221. The van der Waals surface area contributed by atoms with Crippen LogP contribution in [0.3, 0.4) is 0 Å². The fourth-order valence-electron chi connectivity index (χ4n) is 0. The van der Waals surface area contributed by atoms with Gasteiger partial charge in [-0.1, -0.05) is 0 Å². The number of hydrogen-bond acceptors (Lipinski definition) is 3. The second-order valence-electron chi connectivity index (χ2n) is 1.34. The summed E-state index contributed by atoms with van der Waals surface area (Å²) in [5, 5.41) is 7.49. The minimum atomic E-state index is -4.82. The quantitative estimate of drug-likeness (QED) is 0.302. The number of rotatable bonds is 1. The lowest BCUT2D eigenvalue weighted by Crippen LogP contribution is -1.90. The van der Waals surface area contributed by atoms with Gasteiger partial charge in [-0.3, -0.25) is 0 Å². The first-order valence-corrected chi connectivity index (χ1v) is 5.19. The van der Waals surface area contributed by atoms with Gasteiger partial charge in [0.25, 0.3) is 0 Å². The lowest BCUT2D eigenvalue weighted by atomic mass is 11.6. The molecule has 0 aliphatic rings. The maximum Gasteiger partial charge on any atom is 0.466 e. The molecule has 0 amide bonds. The van der Waals surface area contributed by atoms with Gasteiger partial charge in [0.05, 0.1) is 0 Å². The van der Waals surface area contributed by atoms with Crippen LogP contribution >= 0.6 is 15.4 Å². The van der Waals surface area contributed by atoms with Crippen molar-refractivity contribution in [3.63, 3.8) is 0 Å². The van der Waals surface area contributed by atoms with Crippen molar-refractivity contribution in [1.29, 1.82) is 0 Å². The molecule has 6 N–H and O–H groups in total. The normalized spacial score (nSPS) is 11.4. The van der Waals surface area contributed by atoms with Crippen molar-refractivity contribution < 1.29 is 43.5 Å². The van der Waals surface area contributed by atoms with Gasteiger partial charge in [0.2, 0.25) is 0 Å². The van der Waals surface area contributed by atoms with Gasteiger partial charge >= 0.3 is 21.1 Å². The maximum absolute atomic E-state index is 9.43. The zero-order valence-electron chi connectivity index (χ0n) is 5.30. The SMILES string of the molecule is O=C(O)P(=O)(O)O.O=P(O)(O)O. The smallest absolute Gasteiger partial charge is 0.466 e. The van der Waals surface area contributed by atoms with Crippen LogP contribution < -0.4 is 0 Å². The third kappa shape index (κ3) is 22.6. The van der Waals surface area contributed by atoms with Crippen LogP contribution in [0.4, 0.5) is 4.79 Å². The fourth-order valence-corrected chi connectivity index (χ4v) is 0. The Morgan fingerprint density at radius 2 is 1.00 bits per heavy atom. The standard InChI is InChI=1S/CH3O5P.H3O4P/c2-1(3)7(4,5)6;1-5(2,3)4/h(H,2,3)(H2,4,5,6);(H3,1,2,3,4). The largest absolute Gasteiger partial charge is 0.472 e. The zero-order valence-corrected chi connectivity index (χ0v) is 7.09. The molecule has 0 unspecified atom stereocenters. The van der Waals surface area contributed by atoms with Gasteiger partial charge in [-0.05, 0) is 0 Å². The minimum Gasteiger partial charge on any atom is -0.472 e. The molecule has 0 saturated carbocycles. The van der Waals surface area contributed by atoms with Crippen LogP contribution in [0.5, 0.6) is 0 Å². The average Bonchev–Trinajstić information content (AvgIpc) is 1.55. The predicted molar refractivity (Wildman–Crippen MR) is 34.3 cm³/mol. The van der Waals surface area contributed by atoms with Gasteiger partial charge in [0.15, 0.2) is 0 Å². The molecule has 0 aromatic carbocycles. The van der Waals surface area contributed by atoms with Crippen molar-refractivity contribution in [3.8, 4) is 0 Å². The molecule has 9 nitrogen and oxygen atoms in total. The highest BCUT2D eigenvalue weighted by Crippen LogP contribution is 2.34. The highest BCUT2D eigenvalue weighted by molar-refractivity contribution is 7.69. The van der Waals surface area contributed by atoms with Gasteiger partial charge < -0.3 is 29.6 Å². The number of hydrogen-bond donors (Lipinski definition) is 6. The molecule has 0 aliphatic heterocycles. The van der Waals surface area contributed by atoms with E-state index in [0.717, 1.165) is 0 Å². The van der Waals surface area contributed by atoms with Gasteiger partial charge in [0.1, 0.15) is 0 Å². The summed E-state index contributed by atoms with van der Waals surface area (Å²) in [5.41, 5.74) is -2.09. The Hall–Kier alpha value is -0.270. The summed E-state index contributed by atoms with van der Waals surface area (Å²) in [6.45, 7) is 0. The van der Waals surface area contributed by atoms with Gasteiger partial charge in [0, 0.05) is 0 Å². The summed E-state index contributed by atoms with van der Waals surface area (Å²) in [6.07, 6.45) is 0. The van der Waals surface area contributed by atoms with Crippen molar-refractivity contribution in [2.24, 2.45) is 0 Å². The van der Waals surface area contributed by atoms with Crippen molar-refractivity contribution in [2.75, 3.05) is 0 Å². The van der Waals surface area contributed by atoms with E-state index in [1.165, 1.54) is 0 Å². The van der Waals surface area contributed by atoms with E-state index < -0.39 is 21.1 Å². The van der Waals surface area contributed by atoms with Crippen molar-refractivity contribution in [3.05, 3.63) is 0 Å². The van der Waals surface area contributed by atoms with Crippen LogP contribution in [0.2, 0.25) is 0 Å². The second kappa shape index (κ2) is 4.68. The molecule has 11 heteroatoms. The monoisotopic (exact) mass is 224 g/mol. The molecule has 0 saturated heterocycles. The molecule has 0 fully saturated rings. The Balaban J connectivity index is 0. The molecule has 0 bridgehead atoms. The zero-order chi connectivity index (χ0) is 10.6. The van der Waals surface area contributed by atoms with E-state index in [9.17, 15) is 9.36 Å². The van der Waals surface area contributed by atoms with Gasteiger partial charge in [-0.15, -0.1) is 0 Å². The highest BCUT2D eigenvalue weighted by atomic mass is 31.2. The second-order valence-corrected chi connectivity index (χ2v) is 3.84. The lowest BCUT2D eigenvalue weighted by molar-refractivity contribution is 0.208. The van der Waals surface area contributed by atoms with Crippen molar-refractivity contribution in [2.45, 2.75) is 0 Å². The van der Waals surface area contributed by atoms with Crippen LogP contribution in [-0.4, -0.2) is 35.3 Å². The highest BCUT2D eigenvalue weighted by Gasteiger charge is 2.23. The third-order valence-corrected chi connectivity index (χ3v) is 0.748. The van der Waals surface area contributed by atoms with Crippen molar-refractivity contribution >= 4 is 21.1 Å². The number of carboxylic acid groups (broad SMARTS) is 1. The average molecular weight is 224 g/mol. The van der Waals surface area contributed by atoms with E-state index in [1.54, 1.807) is 0 Å². The van der Waals surface area contributed by atoms with Crippen LogP contribution in [0.1, 0.15) is 0 Å². The number of carbonyl (C=O) groups is 1. The first kappa shape index (κ1) is 14.3. The molecular weight excluding hydrogens is 218 g/mol. The van der Waals surface area contributed by atoms with E-state index >= 15 is 0 Å². The first-order chi connectivity index (χ1) is 4.94. The molecule has 0 aliphatic carbocycles. The lowest BCUT2D eigenvalue weighted by Gasteiger charge is -1.90. The minimum absolute atomic E-state index is 2.09. The fraction of sp³-hybridized carbons (Fsp3) is 0. The van der Waals surface area contributed by atoms with Crippen LogP contribution in [0, 0.1) is 0 Å². The molecule has 12 heavy (non-hydrogen) atoms. The predicted octanol–water partition coefficient (Wildman–Crippen LogP) is -1.09. The molecular formula is CH6O9P2. The van der Waals surface area contributed by atoms with Crippen LogP contribution in [-0.2, 0) is 9.13 Å². The summed E-state index contributed by atoms with van der Waals surface area (Å²) in [6, 6.07) is 0. The summed E-state index contributed by atoms with van der Waals surface area (Å²) in [7, 11) is -9.46. The molecule has 0 heterocycles. The first-order valence-electron chi connectivity index (χ1n) is 2.02. The molecule has 0 radical (unpaired) electrons. The van der Waals surface area contributed by atoms with Gasteiger partial charge in [-0.2, -0.15) is 0 Å². The molecule has 0 aromatic rings. The Morgan fingerprint density at radius 3 is 1.00 bits per heavy atom. The number of phosphoric acid groups is 1. The third-order valence-electron chi connectivity index (χ3n) is 0.249. The summed E-state index contributed by atoms with van der Waals surface area (Å²) in [4.78, 5) is 46.0. The van der Waals surface area contributed by atoms with E-state index in [1.807, 2.05) is 0 Å². The molecule has 0 rings (SSSR count). The van der Waals surface area contributed by atoms with Crippen LogP contribution in [0.15, 0.2) is 0 Å². The molecule has 0 spiro atoms. The summed E-state index contributed by atoms with van der Waals surface area (Å²) < 4.78 is 18.3. The van der Waals surface area contributed by atoms with E-state index in [-0.39, 0.29) is 0 Å².